The number of carbonyl (C=O) groups is 1. The minimum absolute atomic E-state index is 0.00370. The van der Waals surface area contributed by atoms with Gasteiger partial charge < -0.3 is 10.3 Å². The zero-order valence-electron chi connectivity index (χ0n) is 11.2. The number of carbonyl (C=O) groups excluding carboxylic acids is 1. The molecule has 2 N–H and O–H groups in total. The Morgan fingerprint density at radius 2 is 2.11 bits per heavy atom. The zero-order valence-corrected chi connectivity index (χ0v) is 11.2. The number of para-hydroxylation sites is 1. The summed E-state index contributed by atoms with van der Waals surface area (Å²) in [6, 6.07) is 6.03. The highest BCUT2D eigenvalue weighted by atomic mass is 16.1. The number of aromatic amines is 1. The molecule has 0 aliphatic heterocycles. The number of nitrogens with zero attached hydrogens (tertiary/aromatic N) is 1. The van der Waals surface area contributed by atoms with Crippen molar-refractivity contribution < 1.29 is 4.79 Å². The minimum Gasteiger partial charge on any atom is -0.349 e. The van der Waals surface area contributed by atoms with E-state index < -0.39 is 0 Å². The summed E-state index contributed by atoms with van der Waals surface area (Å²) >= 11 is 0. The Hall–Kier alpha value is -1.84. The molecule has 2 aromatic rings. The largest absolute Gasteiger partial charge is 0.349 e. The number of hydrogen-bond donors (Lipinski definition) is 2. The molecular weight excluding hydrogens is 238 g/mol. The fourth-order valence-corrected chi connectivity index (χ4v) is 2.85. The monoisotopic (exact) mass is 257 g/mol. The molecule has 19 heavy (non-hydrogen) atoms. The first-order chi connectivity index (χ1) is 9.24. The molecule has 100 valence electrons. The van der Waals surface area contributed by atoms with Gasteiger partial charge in [-0.25, -0.2) is 4.98 Å². The summed E-state index contributed by atoms with van der Waals surface area (Å²) < 4.78 is 0. The number of benzene rings is 1. The first-order valence-electron chi connectivity index (χ1n) is 7.00. The Labute approximate surface area is 112 Å². The molecule has 0 atom stereocenters. The van der Waals surface area contributed by atoms with E-state index in [4.69, 9.17) is 0 Å². The first-order valence-corrected chi connectivity index (χ1v) is 7.00. The van der Waals surface area contributed by atoms with Crippen LogP contribution in [0.5, 0.6) is 0 Å². The van der Waals surface area contributed by atoms with Crippen molar-refractivity contribution in [3.8, 4) is 0 Å². The van der Waals surface area contributed by atoms with Gasteiger partial charge in [0.15, 0.2) is 0 Å². The van der Waals surface area contributed by atoms with Crippen LogP contribution in [0.3, 0.4) is 0 Å². The van der Waals surface area contributed by atoms with Gasteiger partial charge in [0.25, 0.3) is 5.91 Å². The summed E-state index contributed by atoms with van der Waals surface area (Å²) in [7, 11) is 0. The van der Waals surface area contributed by atoms with Gasteiger partial charge in [0.2, 0.25) is 0 Å². The fourth-order valence-electron chi connectivity index (χ4n) is 2.85. The molecule has 1 aromatic heterocycles. The van der Waals surface area contributed by atoms with Gasteiger partial charge in [-0.1, -0.05) is 25.3 Å². The van der Waals surface area contributed by atoms with Gasteiger partial charge in [-0.15, -0.1) is 0 Å². The van der Waals surface area contributed by atoms with Crippen LogP contribution in [0.25, 0.3) is 11.0 Å². The topological polar surface area (TPSA) is 57.8 Å². The Bertz CT molecular complexity index is 596. The van der Waals surface area contributed by atoms with Crippen molar-refractivity contribution in [1.29, 1.82) is 0 Å². The van der Waals surface area contributed by atoms with E-state index in [1.54, 1.807) is 0 Å². The van der Waals surface area contributed by atoms with Crippen LogP contribution < -0.4 is 5.32 Å². The third kappa shape index (κ3) is 2.48. The van der Waals surface area contributed by atoms with E-state index in [9.17, 15) is 4.79 Å². The van der Waals surface area contributed by atoms with Crippen molar-refractivity contribution in [3.05, 3.63) is 29.6 Å². The predicted molar refractivity (Wildman–Crippen MR) is 75.2 cm³/mol. The Morgan fingerprint density at radius 1 is 1.32 bits per heavy atom. The number of hydrogen-bond acceptors (Lipinski definition) is 2. The number of fused-ring (bicyclic) bond motifs is 1. The van der Waals surface area contributed by atoms with Gasteiger partial charge in [0.05, 0.1) is 11.1 Å². The van der Waals surface area contributed by atoms with Crippen LogP contribution in [0.2, 0.25) is 0 Å². The third-order valence-corrected chi connectivity index (χ3v) is 3.82. The molecule has 0 spiro atoms. The van der Waals surface area contributed by atoms with Crippen LogP contribution in [0.1, 0.15) is 48.3 Å². The molecule has 0 bridgehead atoms. The summed E-state index contributed by atoms with van der Waals surface area (Å²) in [5.74, 6) is 0.844. The number of aromatic nitrogens is 2. The van der Waals surface area contributed by atoms with Gasteiger partial charge in [-0.05, 0) is 31.9 Å². The molecule has 4 nitrogen and oxygen atoms in total. The van der Waals surface area contributed by atoms with Gasteiger partial charge in [-0.3, -0.25) is 4.79 Å². The maximum atomic E-state index is 12.4. The van der Waals surface area contributed by atoms with Gasteiger partial charge in [0.1, 0.15) is 11.3 Å². The molecule has 1 fully saturated rings. The number of nitrogens with one attached hydrogen (secondary N) is 2. The van der Waals surface area contributed by atoms with E-state index in [1.807, 2.05) is 25.1 Å². The molecule has 1 aromatic carbocycles. The van der Waals surface area contributed by atoms with E-state index in [-0.39, 0.29) is 5.91 Å². The van der Waals surface area contributed by atoms with Crippen LogP contribution in [0.15, 0.2) is 18.2 Å². The standard InChI is InChI=1S/C15H19N3O/c1-10-16-13-9-5-8-12(14(13)17-10)15(19)18-11-6-3-2-4-7-11/h5,8-9,11H,2-4,6-7H2,1H3,(H,16,17)(H,18,19). The highest BCUT2D eigenvalue weighted by Gasteiger charge is 2.18. The third-order valence-electron chi connectivity index (χ3n) is 3.82. The van der Waals surface area contributed by atoms with Crippen molar-refractivity contribution in [2.75, 3.05) is 0 Å². The van der Waals surface area contributed by atoms with Crippen LogP contribution in [0.4, 0.5) is 0 Å². The van der Waals surface area contributed by atoms with E-state index in [0.29, 0.717) is 11.6 Å². The maximum absolute atomic E-state index is 12.4. The van der Waals surface area contributed by atoms with E-state index >= 15 is 0 Å². The Kier molecular flexibility index (Phi) is 3.23. The second kappa shape index (κ2) is 5.03. The lowest BCUT2D eigenvalue weighted by Gasteiger charge is -2.22. The quantitative estimate of drug-likeness (QED) is 0.869. The molecule has 1 heterocycles. The van der Waals surface area contributed by atoms with Crippen molar-refractivity contribution >= 4 is 16.9 Å². The number of imidazole rings is 1. The lowest BCUT2D eigenvalue weighted by molar-refractivity contribution is 0.0929. The Balaban J connectivity index is 1.84. The molecule has 3 rings (SSSR count). The first kappa shape index (κ1) is 12.2. The fraction of sp³-hybridized carbons (Fsp3) is 0.467. The van der Waals surface area contributed by atoms with Crippen molar-refractivity contribution in [2.45, 2.75) is 45.1 Å². The van der Waals surface area contributed by atoms with Crippen molar-refractivity contribution in [1.82, 2.24) is 15.3 Å². The summed E-state index contributed by atoms with van der Waals surface area (Å²) in [6.07, 6.45) is 5.93. The second-order valence-corrected chi connectivity index (χ2v) is 5.33. The van der Waals surface area contributed by atoms with Crippen molar-refractivity contribution in [3.63, 3.8) is 0 Å². The lowest BCUT2D eigenvalue weighted by atomic mass is 9.95. The number of amides is 1. The molecule has 0 saturated heterocycles. The van der Waals surface area contributed by atoms with Gasteiger partial charge >= 0.3 is 0 Å². The van der Waals surface area contributed by atoms with Crippen LogP contribution in [-0.2, 0) is 0 Å². The van der Waals surface area contributed by atoms with Crippen LogP contribution >= 0.6 is 0 Å². The minimum atomic E-state index is 0.00370. The van der Waals surface area contributed by atoms with Gasteiger partial charge in [-0.2, -0.15) is 0 Å². The average molecular weight is 257 g/mol. The second-order valence-electron chi connectivity index (χ2n) is 5.33. The highest BCUT2D eigenvalue weighted by molar-refractivity contribution is 6.05. The zero-order chi connectivity index (χ0) is 13.2. The summed E-state index contributed by atoms with van der Waals surface area (Å²) in [5, 5.41) is 3.14. The highest BCUT2D eigenvalue weighted by Crippen LogP contribution is 2.20. The normalized spacial score (nSPS) is 16.7. The number of rotatable bonds is 2. The molecule has 4 heteroatoms. The molecule has 0 unspecified atom stereocenters. The SMILES string of the molecule is Cc1nc2c(C(=O)NC3CCCCC3)cccc2[nH]1. The average Bonchev–Trinajstić information content (AvgIpc) is 2.79. The van der Waals surface area contributed by atoms with Crippen molar-refractivity contribution in [2.24, 2.45) is 0 Å². The predicted octanol–water partition coefficient (Wildman–Crippen LogP) is 2.93. The van der Waals surface area contributed by atoms with E-state index in [2.05, 4.69) is 15.3 Å². The smallest absolute Gasteiger partial charge is 0.253 e. The molecule has 1 aliphatic rings. The molecule has 1 amide bonds. The molecule has 1 saturated carbocycles. The molecule has 1 aliphatic carbocycles. The van der Waals surface area contributed by atoms with E-state index in [0.717, 1.165) is 29.7 Å². The summed E-state index contributed by atoms with van der Waals surface area (Å²) in [6.45, 7) is 1.91. The lowest BCUT2D eigenvalue weighted by Crippen LogP contribution is -2.36. The van der Waals surface area contributed by atoms with Crippen LogP contribution in [0, 0.1) is 6.92 Å². The molecular formula is C15H19N3O. The van der Waals surface area contributed by atoms with E-state index in [1.165, 1.54) is 19.3 Å². The molecule has 0 radical (unpaired) electrons. The summed E-state index contributed by atoms with van der Waals surface area (Å²) in [5.41, 5.74) is 2.37. The maximum Gasteiger partial charge on any atom is 0.253 e. The van der Waals surface area contributed by atoms with Crippen LogP contribution in [-0.4, -0.2) is 21.9 Å². The van der Waals surface area contributed by atoms with Gasteiger partial charge in [0, 0.05) is 6.04 Å². The Morgan fingerprint density at radius 3 is 2.89 bits per heavy atom. The number of H-pyrrole nitrogens is 1. The summed E-state index contributed by atoms with van der Waals surface area (Å²) in [4.78, 5) is 19.9. The number of aryl methyl sites for hydroxylation is 1.